The molecule has 3 heteroatoms. The predicted octanol–water partition coefficient (Wildman–Crippen LogP) is 2.60. The van der Waals surface area contributed by atoms with Crippen LogP contribution in [0, 0.1) is 22.7 Å². The Labute approximate surface area is 86.9 Å². The summed E-state index contributed by atoms with van der Waals surface area (Å²) in [5, 5.41) is 18.3. The molecular formula is C12H7N3. The average molecular weight is 193 g/mol. The van der Waals surface area contributed by atoms with Gasteiger partial charge in [0.25, 0.3) is 0 Å². The molecule has 0 aliphatic carbocycles. The number of aromatic amines is 1. The van der Waals surface area contributed by atoms with Crippen molar-refractivity contribution in [1.82, 2.24) is 4.98 Å². The summed E-state index contributed by atoms with van der Waals surface area (Å²) in [6, 6.07) is 13.4. The number of hydrogen-bond acceptors (Lipinski definition) is 2. The molecule has 0 amide bonds. The number of nitrogens with zero attached hydrogens (tertiary/aromatic N) is 2. The number of fused-ring (bicyclic) bond motifs is 1. The van der Waals surface area contributed by atoms with E-state index >= 15 is 0 Å². The number of aromatic nitrogens is 1. The third-order valence-electron chi connectivity index (χ3n) is 2.09. The molecule has 0 unspecified atom stereocenters. The second-order valence-corrected chi connectivity index (χ2v) is 3.09. The molecule has 1 aromatic carbocycles. The lowest BCUT2D eigenvalue weighted by Gasteiger charge is -1.84. The lowest BCUT2D eigenvalue weighted by molar-refractivity contribution is 1.41. The van der Waals surface area contributed by atoms with Gasteiger partial charge in [0, 0.05) is 11.2 Å². The number of hydrogen-bond donors (Lipinski definition) is 1. The molecule has 2 aromatic rings. The van der Waals surface area contributed by atoms with Crippen LogP contribution >= 0.6 is 0 Å². The first kappa shape index (κ1) is 9.05. The van der Waals surface area contributed by atoms with Crippen LogP contribution in [0.5, 0.6) is 0 Å². The summed E-state index contributed by atoms with van der Waals surface area (Å²) in [7, 11) is 0. The summed E-state index contributed by atoms with van der Waals surface area (Å²) in [6.45, 7) is 0. The predicted molar refractivity (Wildman–Crippen MR) is 57.5 cm³/mol. The molecule has 1 heterocycles. The summed E-state index contributed by atoms with van der Waals surface area (Å²) in [5.41, 5.74) is 1.87. The minimum absolute atomic E-state index is 0.0987. The molecular weight excluding hydrogens is 186 g/mol. The largest absolute Gasteiger partial charge is 0.355 e. The van der Waals surface area contributed by atoms with Gasteiger partial charge in [-0.1, -0.05) is 18.2 Å². The van der Waals surface area contributed by atoms with Crippen molar-refractivity contribution in [3.05, 3.63) is 41.6 Å². The van der Waals surface area contributed by atoms with Gasteiger partial charge >= 0.3 is 0 Å². The molecule has 1 aromatic heterocycles. The summed E-state index contributed by atoms with van der Waals surface area (Å²) in [6.07, 6.45) is 1.54. The van der Waals surface area contributed by atoms with Crippen LogP contribution in [-0.2, 0) is 0 Å². The van der Waals surface area contributed by atoms with E-state index in [1.165, 1.54) is 0 Å². The van der Waals surface area contributed by atoms with Crippen molar-refractivity contribution in [1.29, 1.82) is 10.5 Å². The number of benzene rings is 1. The number of nitrogens with one attached hydrogen (secondary N) is 1. The summed E-state index contributed by atoms with van der Waals surface area (Å²) in [5.74, 6) is 0. The second-order valence-electron chi connectivity index (χ2n) is 3.09. The second kappa shape index (κ2) is 3.69. The quantitative estimate of drug-likeness (QED) is 0.707. The lowest BCUT2D eigenvalue weighted by atomic mass is 10.2. The first-order chi connectivity index (χ1) is 7.33. The molecule has 0 radical (unpaired) electrons. The van der Waals surface area contributed by atoms with Gasteiger partial charge in [-0.05, 0) is 23.6 Å². The third kappa shape index (κ3) is 1.72. The maximum Gasteiger partial charge on any atom is 0.131 e. The standard InChI is InChI=1S/C12H7N3/c13-7-9(8-14)5-11-6-10-3-1-2-4-12(10)15-11/h1-6,15H. The Balaban J connectivity index is 2.52. The van der Waals surface area contributed by atoms with E-state index in [-0.39, 0.29) is 5.57 Å². The Morgan fingerprint density at radius 2 is 1.93 bits per heavy atom. The normalized spacial score (nSPS) is 9.20. The maximum absolute atomic E-state index is 8.61. The fourth-order valence-corrected chi connectivity index (χ4v) is 1.42. The van der Waals surface area contributed by atoms with E-state index in [2.05, 4.69) is 4.98 Å². The monoisotopic (exact) mass is 193 g/mol. The average Bonchev–Trinajstić information content (AvgIpc) is 2.68. The zero-order chi connectivity index (χ0) is 10.7. The first-order valence-electron chi connectivity index (χ1n) is 4.43. The van der Waals surface area contributed by atoms with E-state index in [1.807, 2.05) is 42.5 Å². The van der Waals surface area contributed by atoms with Gasteiger partial charge < -0.3 is 4.98 Å². The molecule has 0 spiro atoms. The van der Waals surface area contributed by atoms with Gasteiger partial charge in [0.2, 0.25) is 0 Å². The summed E-state index contributed by atoms with van der Waals surface area (Å²) in [4.78, 5) is 3.12. The van der Waals surface area contributed by atoms with E-state index in [0.717, 1.165) is 16.6 Å². The Morgan fingerprint density at radius 3 is 2.60 bits per heavy atom. The smallest absolute Gasteiger partial charge is 0.131 e. The van der Waals surface area contributed by atoms with Crippen LogP contribution in [0.3, 0.4) is 0 Å². The van der Waals surface area contributed by atoms with Gasteiger partial charge in [-0.25, -0.2) is 0 Å². The van der Waals surface area contributed by atoms with Crippen LogP contribution in [0.1, 0.15) is 5.69 Å². The number of rotatable bonds is 1. The van der Waals surface area contributed by atoms with Crippen LogP contribution in [0.15, 0.2) is 35.9 Å². The van der Waals surface area contributed by atoms with Crippen LogP contribution in [-0.4, -0.2) is 4.98 Å². The molecule has 0 aliphatic heterocycles. The molecule has 0 saturated heterocycles. The molecule has 0 fully saturated rings. The van der Waals surface area contributed by atoms with Crippen LogP contribution in [0.25, 0.3) is 17.0 Å². The van der Waals surface area contributed by atoms with Crippen molar-refractivity contribution in [3.8, 4) is 12.1 Å². The van der Waals surface area contributed by atoms with Crippen LogP contribution in [0.4, 0.5) is 0 Å². The number of allylic oxidation sites excluding steroid dienone is 1. The van der Waals surface area contributed by atoms with Crippen molar-refractivity contribution in [3.63, 3.8) is 0 Å². The highest BCUT2D eigenvalue weighted by Crippen LogP contribution is 2.16. The Morgan fingerprint density at radius 1 is 1.20 bits per heavy atom. The van der Waals surface area contributed by atoms with Gasteiger partial charge in [0.1, 0.15) is 17.7 Å². The van der Waals surface area contributed by atoms with E-state index in [4.69, 9.17) is 10.5 Å². The highest BCUT2D eigenvalue weighted by atomic mass is 14.7. The summed E-state index contributed by atoms with van der Waals surface area (Å²) < 4.78 is 0. The Bertz CT molecular complexity index is 557. The first-order valence-corrected chi connectivity index (χ1v) is 4.43. The molecule has 2 rings (SSSR count). The fraction of sp³-hybridized carbons (Fsp3) is 0. The molecule has 0 saturated carbocycles. The van der Waals surface area contributed by atoms with Crippen LogP contribution < -0.4 is 0 Å². The van der Waals surface area contributed by atoms with Crippen LogP contribution in [0.2, 0.25) is 0 Å². The molecule has 0 bridgehead atoms. The Hall–Kier alpha value is -2.52. The van der Waals surface area contributed by atoms with E-state index in [0.29, 0.717) is 0 Å². The molecule has 0 aliphatic rings. The highest BCUT2D eigenvalue weighted by Gasteiger charge is 1.98. The Kier molecular flexibility index (Phi) is 2.23. The van der Waals surface area contributed by atoms with E-state index < -0.39 is 0 Å². The van der Waals surface area contributed by atoms with Gasteiger partial charge in [-0.2, -0.15) is 10.5 Å². The molecule has 1 N–H and O–H groups in total. The van der Waals surface area contributed by atoms with Gasteiger partial charge in [0.05, 0.1) is 0 Å². The molecule has 3 nitrogen and oxygen atoms in total. The van der Waals surface area contributed by atoms with Crippen molar-refractivity contribution in [2.24, 2.45) is 0 Å². The fourth-order valence-electron chi connectivity index (χ4n) is 1.42. The topological polar surface area (TPSA) is 63.4 Å². The SMILES string of the molecule is N#CC(C#N)=Cc1cc2ccccc2[nH]1. The lowest BCUT2D eigenvalue weighted by Crippen LogP contribution is -1.74. The number of nitriles is 2. The van der Waals surface area contributed by atoms with Crippen molar-refractivity contribution in [2.45, 2.75) is 0 Å². The molecule has 0 atom stereocenters. The van der Waals surface area contributed by atoms with Crippen molar-refractivity contribution >= 4 is 17.0 Å². The highest BCUT2D eigenvalue weighted by molar-refractivity contribution is 5.83. The number of para-hydroxylation sites is 1. The zero-order valence-corrected chi connectivity index (χ0v) is 7.86. The zero-order valence-electron chi connectivity index (χ0n) is 7.86. The van der Waals surface area contributed by atoms with Crippen molar-refractivity contribution < 1.29 is 0 Å². The third-order valence-corrected chi connectivity index (χ3v) is 2.09. The van der Waals surface area contributed by atoms with Gasteiger partial charge in [-0.15, -0.1) is 0 Å². The molecule has 70 valence electrons. The number of H-pyrrole nitrogens is 1. The van der Waals surface area contributed by atoms with Gasteiger partial charge in [-0.3, -0.25) is 0 Å². The van der Waals surface area contributed by atoms with E-state index in [9.17, 15) is 0 Å². The minimum Gasteiger partial charge on any atom is -0.355 e. The van der Waals surface area contributed by atoms with E-state index in [1.54, 1.807) is 6.08 Å². The molecule has 15 heavy (non-hydrogen) atoms. The maximum atomic E-state index is 8.61. The minimum atomic E-state index is 0.0987. The summed E-state index contributed by atoms with van der Waals surface area (Å²) >= 11 is 0. The van der Waals surface area contributed by atoms with Gasteiger partial charge in [0.15, 0.2) is 0 Å². The van der Waals surface area contributed by atoms with Crippen molar-refractivity contribution in [2.75, 3.05) is 0 Å².